The number of benzene rings is 1. The van der Waals surface area contributed by atoms with Crippen LogP contribution in [0.4, 0.5) is 0 Å². The van der Waals surface area contributed by atoms with Crippen LogP contribution in [-0.2, 0) is 0 Å². The van der Waals surface area contributed by atoms with Crippen LogP contribution in [0.15, 0.2) is 41.3 Å². The van der Waals surface area contributed by atoms with E-state index in [9.17, 15) is 9.59 Å². The van der Waals surface area contributed by atoms with E-state index in [1.54, 1.807) is 19.2 Å². The number of aromatic nitrogens is 2. The van der Waals surface area contributed by atoms with Crippen molar-refractivity contribution in [2.45, 2.75) is 0 Å². The highest BCUT2D eigenvalue weighted by Crippen LogP contribution is 2.16. The topological polar surface area (TPSA) is 74.8 Å². The van der Waals surface area contributed by atoms with Crippen molar-refractivity contribution in [2.24, 2.45) is 0 Å². The van der Waals surface area contributed by atoms with Gasteiger partial charge in [-0.2, -0.15) is 0 Å². The maximum absolute atomic E-state index is 12.0. The van der Waals surface area contributed by atoms with Crippen molar-refractivity contribution < 1.29 is 4.79 Å². The van der Waals surface area contributed by atoms with Gasteiger partial charge in [-0.05, 0) is 29.7 Å². The SMILES string of the molecule is CNC(=O)c1cnc(/C=C/c2cc3ccccc3[nH]c2=O)s1. The standard InChI is InChI=1S/C16H13N3O2S/c1-17-16(21)13-9-18-14(22-13)7-6-11-8-10-4-2-3-5-12(10)19-15(11)20/h2-9H,1H3,(H,17,21)(H,19,20)/b7-6+. The number of H-pyrrole nitrogens is 1. The van der Waals surface area contributed by atoms with Crippen molar-refractivity contribution in [1.29, 1.82) is 0 Å². The molecule has 3 aromatic rings. The number of rotatable bonds is 3. The van der Waals surface area contributed by atoms with Crippen LogP contribution in [0, 0.1) is 0 Å². The molecule has 22 heavy (non-hydrogen) atoms. The van der Waals surface area contributed by atoms with Crippen molar-refractivity contribution in [1.82, 2.24) is 15.3 Å². The van der Waals surface area contributed by atoms with Crippen LogP contribution in [-0.4, -0.2) is 22.9 Å². The summed E-state index contributed by atoms with van der Waals surface area (Å²) in [6, 6.07) is 9.43. The molecule has 0 atom stereocenters. The maximum Gasteiger partial charge on any atom is 0.262 e. The number of nitrogens with one attached hydrogen (secondary N) is 2. The molecule has 0 radical (unpaired) electrons. The number of hydrogen-bond acceptors (Lipinski definition) is 4. The molecular weight excluding hydrogens is 298 g/mol. The molecule has 0 spiro atoms. The van der Waals surface area contributed by atoms with Crippen LogP contribution in [0.3, 0.4) is 0 Å². The summed E-state index contributed by atoms with van der Waals surface area (Å²) in [5.74, 6) is -0.166. The monoisotopic (exact) mass is 311 g/mol. The zero-order chi connectivity index (χ0) is 15.5. The van der Waals surface area contributed by atoms with E-state index in [1.165, 1.54) is 17.5 Å². The van der Waals surface area contributed by atoms with E-state index < -0.39 is 0 Å². The third-order valence-corrected chi connectivity index (χ3v) is 4.12. The third kappa shape index (κ3) is 2.82. The Bertz CT molecular complexity index is 924. The fraction of sp³-hybridized carbons (Fsp3) is 0.0625. The summed E-state index contributed by atoms with van der Waals surface area (Å²) in [5, 5.41) is 4.19. The third-order valence-electron chi connectivity index (χ3n) is 3.16. The average Bonchev–Trinajstić information content (AvgIpc) is 3.01. The van der Waals surface area contributed by atoms with Gasteiger partial charge in [0, 0.05) is 18.1 Å². The Hall–Kier alpha value is -2.73. The molecule has 0 saturated heterocycles. The van der Waals surface area contributed by atoms with E-state index in [0.29, 0.717) is 15.4 Å². The van der Waals surface area contributed by atoms with Gasteiger partial charge in [-0.25, -0.2) is 4.98 Å². The van der Waals surface area contributed by atoms with Crippen molar-refractivity contribution in [2.75, 3.05) is 7.05 Å². The molecule has 5 nitrogen and oxygen atoms in total. The number of amides is 1. The second-order valence-corrected chi connectivity index (χ2v) is 5.68. The zero-order valence-electron chi connectivity index (χ0n) is 11.8. The van der Waals surface area contributed by atoms with Crippen LogP contribution < -0.4 is 10.9 Å². The lowest BCUT2D eigenvalue weighted by Crippen LogP contribution is -2.16. The highest BCUT2D eigenvalue weighted by molar-refractivity contribution is 7.14. The molecular formula is C16H13N3O2S. The van der Waals surface area contributed by atoms with E-state index >= 15 is 0 Å². The molecule has 2 heterocycles. The van der Waals surface area contributed by atoms with Crippen molar-refractivity contribution >= 4 is 40.3 Å². The first-order valence-corrected chi connectivity index (χ1v) is 7.47. The number of aromatic amines is 1. The van der Waals surface area contributed by atoms with Gasteiger partial charge in [0.05, 0.1) is 6.20 Å². The number of carbonyl (C=O) groups excluding carboxylic acids is 1. The molecule has 0 saturated carbocycles. The minimum absolute atomic E-state index is 0.155. The summed E-state index contributed by atoms with van der Waals surface area (Å²) >= 11 is 1.27. The highest BCUT2D eigenvalue weighted by Gasteiger charge is 2.07. The fourth-order valence-corrected chi connectivity index (χ4v) is 2.81. The molecule has 3 rings (SSSR count). The van der Waals surface area contributed by atoms with E-state index in [0.717, 1.165) is 10.9 Å². The number of para-hydroxylation sites is 1. The Morgan fingerprint density at radius 3 is 2.95 bits per heavy atom. The summed E-state index contributed by atoms with van der Waals surface area (Å²) < 4.78 is 0. The minimum Gasteiger partial charge on any atom is -0.354 e. The summed E-state index contributed by atoms with van der Waals surface area (Å²) in [5.41, 5.74) is 1.20. The van der Waals surface area contributed by atoms with Gasteiger partial charge in [0.2, 0.25) is 0 Å². The molecule has 0 aliphatic rings. The van der Waals surface area contributed by atoms with Gasteiger partial charge in [0.15, 0.2) is 0 Å². The van der Waals surface area contributed by atoms with Gasteiger partial charge in [0.1, 0.15) is 9.88 Å². The molecule has 6 heteroatoms. The van der Waals surface area contributed by atoms with Gasteiger partial charge < -0.3 is 10.3 Å². The number of nitrogens with zero attached hydrogens (tertiary/aromatic N) is 1. The molecule has 1 aromatic carbocycles. The predicted octanol–water partition coefficient (Wildman–Crippen LogP) is 2.51. The Morgan fingerprint density at radius 2 is 2.14 bits per heavy atom. The highest BCUT2D eigenvalue weighted by atomic mass is 32.1. The van der Waals surface area contributed by atoms with E-state index in [1.807, 2.05) is 30.3 Å². The number of thiazole rings is 1. The van der Waals surface area contributed by atoms with Gasteiger partial charge >= 0.3 is 0 Å². The first-order chi connectivity index (χ1) is 10.7. The molecule has 0 bridgehead atoms. The van der Waals surface area contributed by atoms with Crippen LogP contribution in [0.25, 0.3) is 23.1 Å². The molecule has 0 aliphatic carbocycles. The second-order valence-electron chi connectivity index (χ2n) is 4.62. The lowest BCUT2D eigenvalue weighted by atomic mass is 10.1. The molecule has 2 N–H and O–H groups in total. The molecule has 0 aliphatic heterocycles. The summed E-state index contributed by atoms with van der Waals surface area (Å²) in [6.07, 6.45) is 4.96. The van der Waals surface area contributed by atoms with Crippen molar-refractivity contribution in [3.05, 3.63) is 62.3 Å². The summed E-state index contributed by atoms with van der Waals surface area (Å²) in [4.78, 5) is 31.0. The molecule has 0 unspecified atom stereocenters. The smallest absolute Gasteiger partial charge is 0.262 e. The first kappa shape index (κ1) is 14.2. The van der Waals surface area contributed by atoms with Crippen molar-refractivity contribution in [3.8, 4) is 0 Å². The number of pyridine rings is 1. The summed E-state index contributed by atoms with van der Waals surface area (Å²) in [7, 11) is 1.58. The summed E-state index contributed by atoms with van der Waals surface area (Å²) in [6.45, 7) is 0. The van der Waals surface area contributed by atoms with E-state index in [4.69, 9.17) is 0 Å². The zero-order valence-corrected chi connectivity index (χ0v) is 12.6. The van der Waals surface area contributed by atoms with Crippen molar-refractivity contribution in [3.63, 3.8) is 0 Å². The number of hydrogen-bond donors (Lipinski definition) is 2. The molecule has 1 amide bonds. The maximum atomic E-state index is 12.0. The van der Waals surface area contributed by atoms with Crippen LogP contribution >= 0.6 is 11.3 Å². The quantitative estimate of drug-likeness (QED) is 0.780. The van der Waals surface area contributed by atoms with Crippen LogP contribution in [0.2, 0.25) is 0 Å². The normalized spacial score (nSPS) is 11.1. The van der Waals surface area contributed by atoms with Crippen LogP contribution in [0.1, 0.15) is 20.2 Å². The number of carbonyl (C=O) groups is 1. The number of fused-ring (bicyclic) bond motifs is 1. The van der Waals surface area contributed by atoms with Gasteiger partial charge in [-0.3, -0.25) is 9.59 Å². The molecule has 0 fully saturated rings. The van der Waals surface area contributed by atoms with Gasteiger partial charge in [0.25, 0.3) is 11.5 Å². The Kier molecular flexibility index (Phi) is 3.84. The van der Waals surface area contributed by atoms with Crippen LogP contribution in [0.5, 0.6) is 0 Å². The lowest BCUT2D eigenvalue weighted by molar-refractivity contribution is 0.0967. The largest absolute Gasteiger partial charge is 0.354 e. The van der Waals surface area contributed by atoms with Gasteiger partial charge in [-0.15, -0.1) is 11.3 Å². The first-order valence-electron chi connectivity index (χ1n) is 6.65. The van der Waals surface area contributed by atoms with E-state index in [2.05, 4.69) is 15.3 Å². The Balaban J connectivity index is 1.92. The molecule has 2 aromatic heterocycles. The second kappa shape index (κ2) is 5.95. The van der Waals surface area contributed by atoms with Gasteiger partial charge in [-0.1, -0.05) is 18.2 Å². The Labute approximate surface area is 130 Å². The lowest BCUT2D eigenvalue weighted by Gasteiger charge is -1.98. The van der Waals surface area contributed by atoms with E-state index in [-0.39, 0.29) is 11.5 Å². The Morgan fingerprint density at radius 1 is 1.32 bits per heavy atom. The average molecular weight is 311 g/mol. The minimum atomic E-state index is -0.166. The predicted molar refractivity (Wildman–Crippen MR) is 89.0 cm³/mol. The molecule has 110 valence electrons. The fourth-order valence-electron chi connectivity index (χ4n) is 2.04.